The van der Waals surface area contributed by atoms with E-state index in [4.69, 9.17) is 17.3 Å². The zero-order valence-electron chi connectivity index (χ0n) is 12.3. The summed E-state index contributed by atoms with van der Waals surface area (Å²) in [6.07, 6.45) is 0. The molecule has 0 aromatic heterocycles. The van der Waals surface area contributed by atoms with Crippen LogP contribution in [0, 0.1) is 17.0 Å². The van der Waals surface area contributed by atoms with Crippen molar-refractivity contribution >= 4 is 38.9 Å². The van der Waals surface area contributed by atoms with Crippen molar-refractivity contribution in [1.82, 2.24) is 0 Å². The van der Waals surface area contributed by atoms with Gasteiger partial charge in [-0.3, -0.25) is 19.6 Å². The van der Waals surface area contributed by atoms with E-state index >= 15 is 0 Å². The Bertz CT molecular complexity index is 943. The highest BCUT2D eigenvalue weighted by Crippen LogP contribution is 2.26. The van der Waals surface area contributed by atoms with Gasteiger partial charge in [0.15, 0.2) is 0 Å². The number of carbonyl (C=O) groups excluding carboxylic acids is 1. The molecule has 3 N–H and O–H groups in total. The van der Waals surface area contributed by atoms with Crippen LogP contribution in [0.1, 0.15) is 15.9 Å². The molecule has 2 rings (SSSR count). The monoisotopic (exact) mass is 369 g/mol. The van der Waals surface area contributed by atoms with E-state index in [1.54, 1.807) is 0 Å². The van der Waals surface area contributed by atoms with Crippen molar-refractivity contribution in [3.8, 4) is 0 Å². The van der Waals surface area contributed by atoms with E-state index < -0.39 is 20.9 Å². The van der Waals surface area contributed by atoms with Gasteiger partial charge in [-0.25, -0.2) is 8.42 Å². The first kappa shape index (κ1) is 17.7. The fraction of sp³-hybridized carbons (Fsp3) is 0.0714. The number of sulfonamides is 1. The number of non-ortho nitro benzene ring substituents is 1. The molecular weight excluding hydrogens is 358 g/mol. The number of amides is 1. The Morgan fingerprint density at radius 1 is 1.25 bits per heavy atom. The van der Waals surface area contributed by atoms with Gasteiger partial charge in [-0.15, -0.1) is 0 Å². The zero-order chi connectivity index (χ0) is 18.1. The summed E-state index contributed by atoms with van der Waals surface area (Å²) in [5.41, 5.74) is 5.15. The normalized spacial score (nSPS) is 11.1. The number of aryl methyl sites for hydroxylation is 1. The molecule has 2 aromatic rings. The molecule has 0 radical (unpaired) electrons. The minimum absolute atomic E-state index is 0.0485. The van der Waals surface area contributed by atoms with Crippen molar-refractivity contribution in [1.29, 1.82) is 0 Å². The first-order valence-electron chi connectivity index (χ1n) is 6.49. The van der Waals surface area contributed by atoms with E-state index in [0.29, 0.717) is 5.56 Å². The maximum absolute atomic E-state index is 12.5. The molecule has 1 amide bonds. The number of primary amides is 1. The molecule has 0 saturated carbocycles. The molecule has 0 aliphatic carbocycles. The van der Waals surface area contributed by atoms with Gasteiger partial charge in [-0.05, 0) is 30.7 Å². The topological polar surface area (TPSA) is 132 Å². The van der Waals surface area contributed by atoms with Crippen LogP contribution in [0.15, 0.2) is 41.3 Å². The second kappa shape index (κ2) is 6.46. The van der Waals surface area contributed by atoms with Crippen LogP contribution in [0.4, 0.5) is 11.4 Å². The van der Waals surface area contributed by atoms with Crippen LogP contribution < -0.4 is 10.5 Å². The van der Waals surface area contributed by atoms with Gasteiger partial charge in [0.2, 0.25) is 5.91 Å². The summed E-state index contributed by atoms with van der Waals surface area (Å²) in [6, 6.07) is 7.36. The summed E-state index contributed by atoms with van der Waals surface area (Å²) in [4.78, 5) is 21.2. The van der Waals surface area contributed by atoms with Crippen LogP contribution in [-0.2, 0) is 10.0 Å². The van der Waals surface area contributed by atoms with Gasteiger partial charge in [0.05, 0.1) is 20.4 Å². The SMILES string of the molecule is Cc1ccc([N+](=O)[O-])cc1S(=O)(=O)Nc1ccc(Cl)c(C(N)=O)c1. The Morgan fingerprint density at radius 2 is 1.92 bits per heavy atom. The lowest BCUT2D eigenvalue weighted by Crippen LogP contribution is -2.16. The van der Waals surface area contributed by atoms with Crippen LogP contribution in [-0.4, -0.2) is 19.2 Å². The first-order valence-corrected chi connectivity index (χ1v) is 8.35. The molecule has 8 nitrogen and oxygen atoms in total. The number of anilines is 1. The van der Waals surface area contributed by atoms with Crippen molar-refractivity contribution in [3.63, 3.8) is 0 Å². The number of nitro benzene ring substituents is 1. The maximum Gasteiger partial charge on any atom is 0.270 e. The molecule has 0 saturated heterocycles. The number of benzene rings is 2. The summed E-state index contributed by atoms with van der Waals surface area (Å²) >= 11 is 5.81. The van der Waals surface area contributed by atoms with Gasteiger partial charge in [0, 0.05) is 17.8 Å². The number of rotatable bonds is 5. The molecule has 0 aliphatic rings. The Hall–Kier alpha value is -2.65. The van der Waals surface area contributed by atoms with Crippen molar-refractivity contribution < 1.29 is 18.1 Å². The third-order valence-corrected chi connectivity index (χ3v) is 5.01. The van der Waals surface area contributed by atoms with Gasteiger partial charge < -0.3 is 5.73 Å². The second-order valence-corrected chi connectivity index (χ2v) is 6.93. The third-order valence-electron chi connectivity index (χ3n) is 3.16. The predicted molar refractivity (Wildman–Crippen MR) is 88.6 cm³/mol. The molecule has 0 atom stereocenters. The maximum atomic E-state index is 12.5. The number of halogens is 1. The van der Waals surface area contributed by atoms with E-state index in [2.05, 4.69) is 4.72 Å². The highest BCUT2D eigenvalue weighted by Gasteiger charge is 2.21. The molecule has 126 valence electrons. The zero-order valence-corrected chi connectivity index (χ0v) is 13.9. The summed E-state index contributed by atoms with van der Waals surface area (Å²) in [7, 11) is -4.10. The van der Waals surface area contributed by atoms with Crippen LogP contribution >= 0.6 is 11.6 Å². The molecule has 0 heterocycles. The summed E-state index contributed by atoms with van der Waals surface area (Å²) < 4.78 is 27.2. The second-order valence-electron chi connectivity index (χ2n) is 4.87. The lowest BCUT2D eigenvalue weighted by molar-refractivity contribution is -0.385. The van der Waals surface area contributed by atoms with Gasteiger partial charge in [-0.2, -0.15) is 0 Å². The van der Waals surface area contributed by atoms with Gasteiger partial charge in [-0.1, -0.05) is 17.7 Å². The highest BCUT2D eigenvalue weighted by atomic mass is 35.5. The van der Waals surface area contributed by atoms with E-state index in [1.807, 2.05) is 0 Å². The van der Waals surface area contributed by atoms with Gasteiger partial charge in [0.25, 0.3) is 15.7 Å². The van der Waals surface area contributed by atoms with Crippen LogP contribution in [0.3, 0.4) is 0 Å². The number of nitro groups is 1. The number of nitrogens with one attached hydrogen (secondary N) is 1. The van der Waals surface area contributed by atoms with Gasteiger partial charge in [0.1, 0.15) is 0 Å². The van der Waals surface area contributed by atoms with Crippen LogP contribution in [0.5, 0.6) is 0 Å². The minimum atomic E-state index is -4.10. The molecule has 2 aromatic carbocycles. The Balaban J connectivity index is 2.46. The number of hydrogen-bond acceptors (Lipinski definition) is 5. The summed E-state index contributed by atoms with van der Waals surface area (Å²) in [5.74, 6) is -0.812. The van der Waals surface area contributed by atoms with Crippen molar-refractivity contribution in [3.05, 3.63) is 62.7 Å². The van der Waals surface area contributed by atoms with E-state index in [1.165, 1.54) is 37.3 Å². The standard InChI is InChI=1S/C14H12ClN3O5S/c1-8-2-4-10(18(20)21)7-13(8)24(22,23)17-9-3-5-12(15)11(6-9)14(16)19/h2-7,17H,1H3,(H2,16,19). The average Bonchev–Trinajstić information content (AvgIpc) is 2.48. The smallest absolute Gasteiger partial charge is 0.270 e. The van der Waals surface area contributed by atoms with Crippen molar-refractivity contribution in [2.24, 2.45) is 5.73 Å². The predicted octanol–water partition coefficient (Wildman–Crippen LogP) is 2.46. The van der Waals surface area contributed by atoms with Gasteiger partial charge >= 0.3 is 0 Å². The molecule has 0 aliphatic heterocycles. The number of hydrogen-bond donors (Lipinski definition) is 2. The highest BCUT2D eigenvalue weighted by molar-refractivity contribution is 7.92. The Kier molecular flexibility index (Phi) is 4.76. The minimum Gasteiger partial charge on any atom is -0.366 e. The molecular formula is C14H12ClN3O5S. The Labute approximate surface area is 142 Å². The number of nitrogens with two attached hydrogens (primary N) is 1. The lowest BCUT2D eigenvalue weighted by Gasteiger charge is -2.11. The van der Waals surface area contributed by atoms with E-state index in [-0.39, 0.29) is 26.9 Å². The van der Waals surface area contributed by atoms with Crippen LogP contribution in [0.25, 0.3) is 0 Å². The average molecular weight is 370 g/mol. The first-order chi connectivity index (χ1) is 11.1. The molecule has 24 heavy (non-hydrogen) atoms. The van der Waals surface area contributed by atoms with E-state index in [9.17, 15) is 23.3 Å². The van der Waals surface area contributed by atoms with Crippen molar-refractivity contribution in [2.45, 2.75) is 11.8 Å². The molecule has 10 heteroatoms. The van der Waals surface area contributed by atoms with Crippen molar-refractivity contribution in [2.75, 3.05) is 4.72 Å². The van der Waals surface area contributed by atoms with E-state index in [0.717, 1.165) is 6.07 Å². The van der Waals surface area contributed by atoms with Crippen LogP contribution in [0.2, 0.25) is 5.02 Å². The summed E-state index contributed by atoms with van der Waals surface area (Å²) in [6.45, 7) is 1.51. The largest absolute Gasteiger partial charge is 0.366 e. The fourth-order valence-electron chi connectivity index (χ4n) is 1.98. The number of nitrogens with zero attached hydrogens (tertiary/aromatic N) is 1. The third kappa shape index (κ3) is 3.63. The molecule has 0 fully saturated rings. The fourth-order valence-corrected chi connectivity index (χ4v) is 3.51. The lowest BCUT2D eigenvalue weighted by atomic mass is 10.2. The summed E-state index contributed by atoms with van der Waals surface area (Å²) in [5, 5.41) is 10.9. The molecule has 0 unspecified atom stereocenters. The quantitative estimate of drug-likeness (QED) is 0.617. The number of carbonyl (C=O) groups is 1. The molecule has 0 spiro atoms. The Morgan fingerprint density at radius 3 is 2.50 bits per heavy atom. The molecule has 0 bridgehead atoms.